The second kappa shape index (κ2) is 6.69. The van der Waals surface area contributed by atoms with Crippen LogP contribution in [0.1, 0.15) is 24.4 Å². The number of benzene rings is 1. The zero-order chi connectivity index (χ0) is 18.3. The smallest absolute Gasteiger partial charge is 0.332 e. The number of carbonyl (C=O) groups excluding carboxylic acids is 1. The Morgan fingerprint density at radius 3 is 2.69 bits per heavy atom. The molecule has 0 saturated heterocycles. The number of nitrogens with zero attached hydrogens (tertiary/aromatic N) is 3. The van der Waals surface area contributed by atoms with E-state index >= 15 is 0 Å². The van der Waals surface area contributed by atoms with Crippen molar-refractivity contribution >= 4 is 40.1 Å². The molecule has 26 heavy (non-hydrogen) atoms. The van der Waals surface area contributed by atoms with E-state index in [9.17, 15) is 14.4 Å². The quantitative estimate of drug-likeness (QED) is 0.721. The second-order valence-corrected chi connectivity index (χ2v) is 7.29. The number of halogens is 1. The van der Waals surface area contributed by atoms with E-state index in [2.05, 4.69) is 9.69 Å². The van der Waals surface area contributed by atoms with Crippen LogP contribution < -0.4 is 16.6 Å². The lowest BCUT2D eigenvalue weighted by Gasteiger charge is -2.11. The average Bonchev–Trinajstić information content (AvgIpc) is 3.33. The van der Waals surface area contributed by atoms with Crippen molar-refractivity contribution in [3.63, 3.8) is 0 Å². The fraction of sp³-hybridized carbons (Fsp3) is 0.294. The van der Waals surface area contributed by atoms with Gasteiger partial charge in [-0.1, -0.05) is 23.7 Å². The molecule has 0 spiro atoms. The SMILES string of the molecule is O=C(Cn1c(=O)n(C2CC2)c(=O)c2nscc21)NCc1ccc(Cl)cc1. The lowest BCUT2D eigenvalue weighted by molar-refractivity contribution is -0.121. The highest BCUT2D eigenvalue weighted by molar-refractivity contribution is 7.04. The van der Waals surface area contributed by atoms with E-state index in [1.807, 2.05) is 12.1 Å². The van der Waals surface area contributed by atoms with Crippen LogP contribution in [-0.4, -0.2) is 19.4 Å². The Morgan fingerprint density at radius 2 is 2.00 bits per heavy atom. The van der Waals surface area contributed by atoms with Crippen molar-refractivity contribution in [3.8, 4) is 0 Å². The summed E-state index contributed by atoms with van der Waals surface area (Å²) in [4.78, 5) is 37.5. The average molecular weight is 391 g/mol. The third-order valence-corrected chi connectivity index (χ3v) is 5.19. The zero-order valence-electron chi connectivity index (χ0n) is 13.6. The Labute approximate surface area is 157 Å². The molecule has 2 aromatic heterocycles. The molecule has 1 aliphatic carbocycles. The predicted octanol–water partition coefficient (Wildman–Crippen LogP) is 1.92. The fourth-order valence-corrected chi connectivity index (χ4v) is 3.61. The van der Waals surface area contributed by atoms with Gasteiger partial charge >= 0.3 is 5.69 Å². The molecule has 0 atom stereocenters. The summed E-state index contributed by atoms with van der Waals surface area (Å²) in [7, 11) is 0. The number of hydrogen-bond donors (Lipinski definition) is 1. The first-order valence-corrected chi connectivity index (χ1v) is 9.36. The largest absolute Gasteiger partial charge is 0.350 e. The molecule has 0 aliphatic heterocycles. The predicted molar refractivity (Wildman–Crippen MR) is 99.7 cm³/mol. The Balaban J connectivity index is 1.59. The van der Waals surface area contributed by atoms with Crippen molar-refractivity contribution in [3.05, 3.63) is 61.1 Å². The third-order valence-electron chi connectivity index (χ3n) is 4.32. The maximum absolute atomic E-state index is 12.7. The third kappa shape index (κ3) is 3.17. The van der Waals surface area contributed by atoms with E-state index < -0.39 is 5.69 Å². The molecule has 9 heteroatoms. The fourth-order valence-electron chi connectivity index (χ4n) is 2.82. The van der Waals surface area contributed by atoms with E-state index in [4.69, 9.17) is 11.6 Å². The van der Waals surface area contributed by atoms with Crippen LogP contribution in [0.2, 0.25) is 5.02 Å². The van der Waals surface area contributed by atoms with Gasteiger partial charge in [0.05, 0.1) is 5.52 Å². The highest BCUT2D eigenvalue weighted by atomic mass is 35.5. The number of fused-ring (bicyclic) bond motifs is 1. The standard InChI is InChI=1S/C17H15ClN4O3S/c18-11-3-1-10(2-4-11)7-19-14(23)8-21-13-9-26-20-15(13)16(24)22(17(21)25)12-5-6-12/h1-4,9,12H,5-8H2,(H,19,23). The van der Waals surface area contributed by atoms with Crippen LogP contribution in [0.5, 0.6) is 0 Å². The summed E-state index contributed by atoms with van der Waals surface area (Å²) in [5, 5.41) is 5.04. The zero-order valence-corrected chi connectivity index (χ0v) is 15.2. The molecule has 0 unspecified atom stereocenters. The summed E-state index contributed by atoms with van der Waals surface area (Å²) in [6.45, 7) is 0.173. The molecule has 1 saturated carbocycles. The Kier molecular flexibility index (Phi) is 4.37. The molecule has 1 amide bonds. The molecule has 1 fully saturated rings. The van der Waals surface area contributed by atoms with Gasteiger partial charge in [0.1, 0.15) is 6.54 Å². The molecule has 1 N–H and O–H groups in total. The number of carbonyl (C=O) groups is 1. The summed E-state index contributed by atoms with van der Waals surface area (Å²) in [6, 6.07) is 7.07. The molecule has 3 aromatic rings. The van der Waals surface area contributed by atoms with Crippen LogP contribution in [0.25, 0.3) is 11.0 Å². The normalized spacial score (nSPS) is 13.9. The number of aromatic nitrogens is 3. The maximum Gasteiger partial charge on any atom is 0.332 e. The molecule has 0 bridgehead atoms. The van der Waals surface area contributed by atoms with Crippen molar-refractivity contribution in [2.24, 2.45) is 0 Å². The molecule has 134 valence electrons. The van der Waals surface area contributed by atoms with Crippen molar-refractivity contribution < 1.29 is 4.79 Å². The summed E-state index contributed by atoms with van der Waals surface area (Å²) < 4.78 is 6.66. The van der Waals surface area contributed by atoms with Gasteiger partial charge in [-0.15, -0.1) is 0 Å². The maximum atomic E-state index is 12.7. The lowest BCUT2D eigenvalue weighted by atomic mass is 10.2. The molecule has 0 radical (unpaired) electrons. The van der Waals surface area contributed by atoms with Gasteiger partial charge in [0.25, 0.3) is 5.56 Å². The van der Waals surface area contributed by atoms with Crippen molar-refractivity contribution in [2.75, 3.05) is 0 Å². The van der Waals surface area contributed by atoms with Crippen molar-refractivity contribution in [2.45, 2.75) is 32.0 Å². The number of nitrogens with one attached hydrogen (secondary N) is 1. The highest BCUT2D eigenvalue weighted by Gasteiger charge is 2.29. The van der Waals surface area contributed by atoms with Gasteiger partial charge in [-0.25, -0.2) is 4.79 Å². The van der Waals surface area contributed by atoms with Gasteiger partial charge in [0.2, 0.25) is 5.91 Å². The van der Waals surface area contributed by atoms with Crippen LogP contribution in [0.3, 0.4) is 0 Å². The minimum atomic E-state index is -0.452. The molecule has 7 nitrogen and oxygen atoms in total. The summed E-state index contributed by atoms with van der Waals surface area (Å²) in [5.74, 6) is -0.310. The minimum absolute atomic E-state index is 0.0792. The first-order valence-electron chi connectivity index (χ1n) is 8.15. The Hall–Kier alpha value is -2.45. The van der Waals surface area contributed by atoms with Gasteiger partial charge in [-0.2, -0.15) is 4.37 Å². The van der Waals surface area contributed by atoms with Crippen molar-refractivity contribution in [1.82, 2.24) is 18.8 Å². The number of hydrogen-bond acceptors (Lipinski definition) is 5. The molecule has 2 heterocycles. The van der Waals surface area contributed by atoms with Crippen LogP contribution in [0.15, 0.2) is 39.2 Å². The van der Waals surface area contributed by atoms with E-state index in [1.165, 1.54) is 9.13 Å². The molecule has 1 aromatic carbocycles. The van der Waals surface area contributed by atoms with Crippen LogP contribution in [0, 0.1) is 0 Å². The molecule has 4 rings (SSSR count). The first-order chi connectivity index (χ1) is 12.5. The van der Waals surface area contributed by atoms with E-state index in [0.29, 0.717) is 17.1 Å². The van der Waals surface area contributed by atoms with Gasteiger partial charge in [-0.05, 0) is 42.1 Å². The van der Waals surface area contributed by atoms with Crippen LogP contribution in [0.4, 0.5) is 0 Å². The molecular weight excluding hydrogens is 376 g/mol. The Morgan fingerprint density at radius 1 is 1.27 bits per heavy atom. The summed E-state index contributed by atoms with van der Waals surface area (Å²) in [5.41, 5.74) is 0.731. The van der Waals surface area contributed by atoms with Gasteiger partial charge in [-0.3, -0.25) is 18.7 Å². The highest BCUT2D eigenvalue weighted by Crippen LogP contribution is 2.32. The van der Waals surface area contributed by atoms with Crippen molar-refractivity contribution in [1.29, 1.82) is 0 Å². The Bertz CT molecular complexity index is 1100. The number of amides is 1. The van der Waals surface area contributed by atoms with E-state index in [0.717, 1.165) is 29.9 Å². The van der Waals surface area contributed by atoms with Gasteiger partial charge in [0, 0.05) is 23.0 Å². The monoisotopic (exact) mass is 390 g/mol. The summed E-state index contributed by atoms with van der Waals surface area (Å²) >= 11 is 6.95. The molecule has 1 aliphatic rings. The first kappa shape index (κ1) is 17.0. The number of rotatable bonds is 5. The topological polar surface area (TPSA) is 86.0 Å². The lowest BCUT2D eigenvalue weighted by Crippen LogP contribution is -2.42. The summed E-state index contributed by atoms with van der Waals surface area (Å²) in [6.07, 6.45) is 1.60. The second-order valence-electron chi connectivity index (χ2n) is 6.23. The van der Waals surface area contributed by atoms with Crippen LogP contribution in [-0.2, 0) is 17.9 Å². The van der Waals surface area contributed by atoms with E-state index in [-0.39, 0.29) is 29.6 Å². The molecular formula is C17H15ClN4O3S. The van der Waals surface area contributed by atoms with Gasteiger partial charge in [0.15, 0.2) is 5.52 Å². The van der Waals surface area contributed by atoms with Crippen LogP contribution >= 0.6 is 23.1 Å². The minimum Gasteiger partial charge on any atom is -0.350 e. The van der Waals surface area contributed by atoms with E-state index in [1.54, 1.807) is 17.5 Å². The van der Waals surface area contributed by atoms with Gasteiger partial charge < -0.3 is 5.32 Å².